The number of urea groups is 1. The van der Waals surface area contributed by atoms with Crippen LogP contribution in [0, 0.1) is 0 Å². The molecule has 1 aliphatic rings. The van der Waals surface area contributed by atoms with Crippen LogP contribution in [0.1, 0.15) is 38.1 Å². The van der Waals surface area contributed by atoms with Gasteiger partial charge in [-0.05, 0) is 37.9 Å². The maximum absolute atomic E-state index is 11.8. The van der Waals surface area contributed by atoms with Crippen LogP contribution in [0.2, 0.25) is 0 Å². The number of likely N-dealkylation sites (tertiary alicyclic amines) is 1. The van der Waals surface area contributed by atoms with Gasteiger partial charge < -0.3 is 25.1 Å². The zero-order valence-corrected chi connectivity index (χ0v) is 12.5. The zero-order chi connectivity index (χ0) is 15.1. The van der Waals surface area contributed by atoms with Gasteiger partial charge in [-0.1, -0.05) is 6.92 Å². The molecule has 1 aromatic heterocycles. The number of hydrogen-bond acceptors (Lipinski definition) is 4. The molecule has 0 saturated carbocycles. The van der Waals surface area contributed by atoms with Crippen molar-refractivity contribution in [3.05, 3.63) is 24.2 Å². The Morgan fingerprint density at radius 3 is 2.90 bits per heavy atom. The van der Waals surface area contributed by atoms with E-state index < -0.39 is 6.10 Å². The maximum Gasteiger partial charge on any atom is 0.315 e. The predicted octanol–water partition coefficient (Wildman–Crippen LogP) is 1.49. The number of amides is 2. The number of nitrogens with one attached hydrogen (secondary N) is 2. The minimum Gasteiger partial charge on any atom is -0.467 e. The van der Waals surface area contributed by atoms with E-state index in [1.54, 1.807) is 12.1 Å². The van der Waals surface area contributed by atoms with Crippen molar-refractivity contribution in [2.75, 3.05) is 26.2 Å². The second-order valence-electron chi connectivity index (χ2n) is 5.50. The fourth-order valence-electron chi connectivity index (χ4n) is 2.62. The second kappa shape index (κ2) is 8.05. The summed E-state index contributed by atoms with van der Waals surface area (Å²) in [7, 11) is 0. The van der Waals surface area contributed by atoms with Crippen LogP contribution in [0.25, 0.3) is 0 Å². The van der Waals surface area contributed by atoms with Crippen LogP contribution in [0.15, 0.2) is 22.8 Å². The van der Waals surface area contributed by atoms with Crippen molar-refractivity contribution in [2.24, 2.45) is 0 Å². The molecule has 6 nitrogen and oxygen atoms in total. The normalized spacial score (nSPS) is 18.4. The van der Waals surface area contributed by atoms with Gasteiger partial charge in [-0.3, -0.25) is 0 Å². The lowest BCUT2D eigenvalue weighted by molar-refractivity contribution is 0.146. The number of piperidine rings is 1. The molecule has 3 N–H and O–H groups in total. The molecule has 0 bridgehead atoms. The molecule has 1 atom stereocenters. The monoisotopic (exact) mass is 295 g/mol. The summed E-state index contributed by atoms with van der Waals surface area (Å²) in [5, 5.41) is 15.5. The summed E-state index contributed by atoms with van der Waals surface area (Å²) in [6.45, 7) is 5.53. The Labute approximate surface area is 125 Å². The van der Waals surface area contributed by atoms with E-state index >= 15 is 0 Å². The number of aliphatic hydroxyl groups excluding tert-OH is 1. The van der Waals surface area contributed by atoms with Crippen LogP contribution in [-0.4, -0.2) is 48.3 Å². The topological polar surface area (TPSA) is 77.7 Å². The summed E-state index contributed by atoms with van der Waals surface area (Å²) in [6, 6.07) is 3.39. The van der Waals surface area contributed by atoms with Crippen molar-refractivity contribution in [3.8, 4) is 0 Å². The van der Waals surface area contributed by atoms with Gasteiger partial charge in [-0.15, -0.1) is 0 Å². The molecule has 1 unspecified atom stereocenters. The SMILES string of the molecule is CCCN1CCC(NC(=O)NCC(O)c2ccco2)CC1. The average Bonchev–Trinajstić information content (AvgIpc) is 3.01. The van der Waals surface area contributed by atoms with Gasteiger partial charge in [0.2, 0.25) is 0 Å². The highest BCUT2D eigenvalue weighted by Gasteiger charge is 2.20. The lowest BCUT2D eigenvalue weighted by Gasteiger charge is -2.32. The summed E-state index contributed by atoms with van der Waals surface area (Å²) >= 11 is 0. The Morgan fingerprint density at radius 2 is 2.29 bits per heavy atom. The Hall–Kier alpha value is -1.53. The molecular weight excluding hydrogens is 270 g/mol. The number of aliphatic hydroxyl groups is 1. The third kappa shape index (κ3) is 5.06. The standard InChI is InChI=1S/C15H25N3O3/c1-2-7-18-8-5-12(6-9-18)17-15(20)16-11-13(19)14-4-3-10-21-14/h3-4,10,12-13,19H,2,5-9,11H2,1H3,(H2,16,17,20). The molecular formula is C15H25N3O3. The van der Waals surface area contributed by atoms with Crippen molar-refractivity contribution in [3.63, 3.8) is 0 Å². The Bertz CT molecular complexity index is 414. The number of carbonyl (C=O) groups is 1. The average molecular weight is 295 g/mol. The van der Waals surface area contributed by atoms with Gasteiger partial charge in [0.05, 0.1) is 12.8 Å². The number of rotatable bonds is 6. The molecule has 0 aliphatic carbocycles. The van der Waals surface area contributed by atoms with E-state index in [0.29, 0.717) is 5.76 Å². The Morgan fingerprint density at radius 1 is 1.52 bits per heavy atom. The summed E-state index contributed by atoms with van der Waals surface area (Å²) < 4.78 is 5.09. The van der Waals surface area contributed by atoms with Crippen LogP contribution in [0.3, 0.4) is 0 Å². The molecule has 21 heavy (non-hydrogen) atoms. The smallest absolute Gasteiger partial charge is 0.315 e. The van der Waals surface area contributed by atoms with E-state index in [1.165, 1.54) is 12.7 Å². The maximum atomic E-state index is 11.8. The molecule has 1 aliphatic heterocycles. The molecule has 1 aromatic rings. The molecule has 6 heteroatoms. The third-order valence-corrected chi connectivity index (χ3v) is 3.79. The quantitative estimate of drug-likeness (QED) is 0.743. The first kappa shape index (κ1) is 15.9. The second-order valence-corrected chi connectivity index (χ2v) is 5.50. The molecule has 0 radical (unpaired) electrons. The molecule has 2 amide bonds. The minimum atomic E-state index is -0.808. The lowest BCUT2D eigenvalue weighted by Crippen LogP contribution is -2.48. The van der Waals surface area contributed by atoms with Crippen molar-refractivity contribution >= 4 is 6.03 Å². The van der Waals surface area contributed by atoms with Crippen molar-refractivity contribution < 1.29 is 14.3 Å². The van der Waals surface area contributed by atoms with Gasteiger partial charge in [-0.25, -0.2) is 4.79 Å². The van der Waals surface area contributed by atoms with Gasteiger partial charge in [0.1, 0.15) is 11.9 Å². The number of carbonyl (C=O) groups excluding carboxylic acids is 1. The summed E-state index contributed by atoms with van der Waals surface area (Å²) in [5.74, 6) is 0.461. The first-order valence-corrected chi connectivity index (χ1v) is 7.67. The highest BCUT2D eigenvalue weighted by atomic mass is 16.4. The molecule has 0 aromatic carbocycles. The van der Waals surface area contributed by atoms with Crippen molar-refractivity contribution in [1.29, 1.82) is 0 Å². The Balaban J connectivity index is 1.64. The fraction of sp³-hybridized carbons (Fsp3) is 0.667. The van der Waals surface area contributed by atoms with Gasteiger partial charge in [0.25, 0.3) is 0 Å². The van der Waals surface area contributed by atoms with Gasteiger partial charge in [0, 0.05) is 19.1 Å². The predicted molar refractivity (Wildman–Crippen MR) is 80.0 cm³/mol. The number of hydrogen-bond donors (Lipinski definition) is 3. The summed E-state index contributed by atoms with van der Waals surface area (Å²) in [5.41, 5.74) is 0. The molecule has 118 valence electrons. The van der Waals surface area contributed by atoms with E-state index in [1.807, 2.05) is 0 Å². The van der Waals surface area contributed by atoms with Crippen LogP contribution in [0.4, 0.5) is 4.79 Å². The first-order valence-electron chi connectivity index (χ1n) is 7.67. The lowest BCUT2D eigenvalue weighted by atomic mass is 10.1. The van der Waals surface area contributed by atoms with Crippen molar-refractivity contribution in [1.82, 2.24) is 15.5 Å². The number of furan rings is 1. The summed E-state index contributed by atoms with van der Waals surface area (Å²) in [6.07, 6.45) is 3.83. The summed E-state index contributed by atoms with van der Waals surface area (Å²) in [4.78, 5) is 14.2. The van der Waals surface area contributed by atoms with Crippen LogP contribution < -0.4 is 10.6 Å². The fourth-order valence-corrected chi connectivity index (χ4v) is 2.62. The van der Waals surface area contributed by atoms with E-state index in [4.69, 9.17) is 4.42 Å². The van der Waals surface area contributed by atoms with Gasteiger partial charge in [-0.2, -0.15) is 0 Å². The molecule has 2 heterocycles. The van der Waals surface area contributed by atoms with Crippen LogP contribution in [-0.2, 0) is 0 Å². The van der Waals surface area contributed by atoms with E-state index in [0.717, 1.165) is 32.5 Å². The molecule has 0 spiro atoms. The largest absolute Gasteiger partial charge is 0.467 e. The Kier molecular flexibility index (Phi) is 6.07. The van der Waals surface area contributed by atoms with Crippen LogP contribution >= 0.6 is 0 Å². The number of nitrogens with zero attached hydrogens (tertiary/aromatic N) is 1. The van der Waals surface area contributed by atoms with E-state index in [9.17, 15) is 9.90 Å². The zero-order valence-electron chi connectivity index (χ0n) is 12.5. The minimum absolute atomic E-state index is 0.147. The van der Waals surface area contributed by atoms with Gasteiger partial charge in [0.15, 0.2) is 0 Å². The third-order valence-electron chi connectivity index (χ3n) is 3.79. The molecule has 2 rings (SSSR count). The highest BCUT2D eigenvalue weighted by molar-refractivity contribution is 5.74. The van der Waals surface area contributed by atoms with Gasteiger partial charge >= 0.3 is 6.03 Å². The van der Waals surface area contributed by atoms with Crippen molar-refractivity contribution in [2.45, 2.75) is 38.3 Å². The van der Waals surface area contributed by atoms with E-state index in [2.05, 4.69) is 22.5 Å². The molecule has 1 fully saturated rings. The highest BCUT2D eigenvalue weighted by Crippen LogP contribution is 2.12. The van der Waals surface area contributed by atoms with Crippen LogP contribution in [0.5, 0.6) is 0 Å². The molecule has 1 saturated heterocycles. The van der Waals surface area contributed by atoms with E-state index in [-0.39, 0.29) is 18.6 Å². The first-order chi connectivity index (χ1) is 10.2.